The molecule has 0 amide bonds. The third kappa shape index (κ3) is 4.53. The van der Waals surface area contributed by atoms with Crippen LogP contribution in [-0.2, 0) is 9.47 Å². The van der Waals surface area contributed by atoms with E-state index in [0.717, 1.165) is 12.1 Å². The topological polar surface area (TPSA) is 77.5 Å². The molecule has 1 aromatic heterocycles. The van der Waals surface area contributed by atoms with Gasteiger partial charge in [-0.2, -0.15) is 0 Å². The number of esters is 2. The maximum atomic E-state index is 14.3. The molecule has 0 unspecified atom stereocenters. The number of halogens is 2. The summed E-state index contributed by atoms with van der Waals surface area (Å²) in [5, 5.41) is 3.20. The average Bonchev–Trinajstić information content (AvgIpc) is 2.69. The van der Waals surface area contributed by atoms with Gasteiger partial charge in [-0.25, -0.2) is 18.4 Å². The highest BCUT2D eigenvalue weighted by atomic mass is 19.1. The number of aromatic nitrogens is 1. The van der Waals surface area contributed by atoms with Crippen molar-refractivity contribution in [3.8, 4) is 0 Å². The summed E-state index contributed by atoms with van der Waals surface area (Å²) in [5.74, 6) is -2.80. The van der Waals surface area contributed by atoms with Gasteiger partial charge in [0.05, 0.1) is 35.2 Å². The Morgan fingerprint density at radius 3 is 2.53 bits per heavy atom. The van der Waals surface area contributed by atoms with Crippen LogP contribution in [0.3, 0.4) is 0 Å². The maximum absolute atomic E-state index is 14.3. The number of nitrogens with one attached hydrogen (secondary N) is 1. The lowest BCUT2D eigenvalue weighted by molar-refractivity contribution is 0.0377. The maximum Gasteiger partial charge on any atom is 0.341 e. The molecule has 2 aromatic carbocycles. The number of hydrogen-bond donors (Lipinski definition) is 1. The van der Waals surface area contributed by atoms with Crippen molar-refractivity contribution in [1.82, 2.24) is 4.98 Å². The molecule has 3 aromatic rings. The molecule has 0 atom stereocenters. The lowest BCUT2D eigenvalue weighted by Gasteiger charge is -2.15. The molecule has 0 radical (unpaired) electrons. The largest absolute Gasteiger partial charge is 0.462 e. The first-order valence-electron chi connectivity index (χ1n) is 9.33. The molecule has 0 aliphatic carbocycles. The highest BCUT2D eigenvalue weighted by Crippen LogP contribution is 2.32. The Kier molecular flexibility index (Phi) is 6.25. The van der Waals surface area contributed by atoms with E-state index in [9.17, 15) is 18.4 Å². The van der Waals surface area contributed by atoms with Crippen molar-refractivity contribution >= 4 is 34.2 Å². The molecule has 0 saturated heterocycles. The van der Waals surface area contributed by atoms with Crippen molar-refractivity contribution in [2.45, 2.75) is 26.9 Å². The molecule has 0 bridgehead atoms. The number of anilines is 2. The zero-order valence-corrected chi connectivity index (χ0v) is 16.7. The Morgan fingerprint density at radius 2 is 1.87 bits per heavy atom. The second-order valence-electron chi connectivity index (χ2n) is 6.70. The van der Waals surface area contributed by atoms with Gasteiger partial charge in [-0.1, -0.05) is 0 Å². The molecule has 0 aliphatic rings. The van der Waals surface area contributed by atoms with Gasteiger partial charge in [0.25, 0.3) is 0 Å². The number of hydrogen-bond acceptors (Lipinski definition) is 6. The zero-order chi connectivity index (χ0) is 21.8. The van der Waals surface area contributed by atoms with Crippen LogP contribution in [0, 0.1) is 11.6 Å². The van der Waals surface area contributed by atoms with Crippen molar-refractivity contribution in [2.75, 3.05) is 11.9 Å². The van der Waals surface area contributed by atoms with Gasteiger partial charge in [-0.15, -0.1) is 0 Å². The van der Waals surface area contributed by atoms with Crippen LogP contribution in [0.5, 0.6) is 0 Å². The van der Waals surface area contributed by atoms with Gasteiger partial charge in [0.1, 0.15) is 17.2 Å². The van der Waals surface area contributed by atoms with Gasteiger partial charge in [0.2, 0.25) is 0 Å². The predicted molar refractivity (Wildman–Crippen MR) is 108 cm³/mol. The lowest BCUT2D eigenvalue weighted by atomic mass is 10.1. The third-order valence-electron chi connectivity index (χ3n) is 4.13. The van der Waals surface area contributed by atoms with Crippen LogP contribution in [0.25, 0.3) is 10.9 Å². The molecule has 1 N–H and O–H groups in total. The Balaban J connectivity index is 2.18. The second kappa shape index (κ2) is 8.86. The van der Waals surface area contributed by atoms with E-state index in [0.29, 0.717) is 10.9 Å². The minimum absolute atomic E-state index is 0.0439. The standard InChI is InChI=1S/C22H20F2N2O4/c1-4-29-22(28)16-11-25-18-7-5-13(21(27)30-12(2)3)9-15(18)20(16)26-19-8-6-14(23)10-17(19)24/h5-12H,4H2,1-3H3,(H,25,26). The minimum atomic E-state index is -0.842. The first kappa shape index (κ1) is 21.2. The average molecular weight is 414 g/mol. The molecule has 6 nitrogen and oxygen atoms in total. The molecule has 3 rings (SSSR count). The fourth-order valence-electron chi connectivity index (χ4n) is 2.83. The van der Waals surface area contributed by atoms with Crippen molar-refractivity contribution in [3.63, 3.8) is 0 Å². The summed E-state index contributed by atoms with van der Waals surface area (Å²) in [6.45, 7) is 5.23. The van der Waals surface area contributed by atoms with Gasteiger partial charge in [-0.05, 0) is 51.1 Å². The first-order valence-corrected chi connectivity index (χ1v) is 9.33. The monoisotopic (exact) mass is 414 g/mol. The Bertz CT molecular complexity index is 1120. The number of carbonyl (C=O) groups is 2. The van der Waals surface area contributed by atoms with Crippen LogP contribution < -0.4 is 5.32 Å². The fourth-order valence-corrected chi connectivity index (χ4v) is 2.83. The van der Waals surface area contributed by atoms with Crippen molar-refractivity contribution in [3.05, 3.63) is 65.4 Å². The van der Waals surface area contributed by atoms with Crippen LogP contribution in [0.2, 0.25) is 0 Å². The molecule has 30 heavy (non-hydrogen) atoms. The SMILES string of the molecule is CCOC(=O)c1cnc2ccc(C(=O)OC(C)C)cc2c1Nc1ccc(F)cc1F. The van der Waals surface area contributed by atoms with Gasteiger partial charge in [-0.3, -0.25) is 4.98 Å². The molecule has 0 spiro atoms. The molecule has 156 valence electrons. The van der Waals surface area contributed by atoms with Crippen LogP contribution in [0.1, 0.15) is 41.5 Å². The number of benzene rings is 2. The van der Waals surface area contributed by atoms with E-state index in [1.54, 1.807) is 32.9 Å². The van der Waals surface area contributed by atoms with E-state index in [1.165, 1.54) is 18.3 Å². The summed E-state index contributed by atoms with van der Waals surface area (Å²) in [6, 6.07) is 7.66. The summed E-state index contributed by atoms with van der Waals surface area (Å²) in [7, 11) is 0. The van der Waals surface area contributed by atoms with Gasteiger partial charge in [0.15, 0.2) is 0 Å². The molecule has 0 aliphatic heterocycles. The minimum Gasteiger partial charge on any atom is -0.462 e. The quantitative estimate of drug-likeness (QED) is 0.572. The van der Waals surface area contributed by atoms with Crippen molar-refractivity contribution < 1.29 is 27.8 Å². The zero-order valence-electron chi connectivity index (χ0n) is 16.7. The van der Waals surface area contributed by atoms with E-state index in [4.69, 9.17) is 9.47 Å². The van der Waals surface area contributed by atoms with Gasteiger partial charge >= 0.3 is 11.9 Å². The van der Waals surface area contributed by atoms with Crippen LogP contribution >= 0.6 is 0 Å². The number of pyridine rings is 1. The second-order valence-corrected chi connectivity index (χ2v) is 6.70. The van der Waals surface area contributed by atoms with E-state index >= 15 is 0 Å². The molecular weight excluding hydrogens is 394 g/mol. The number of ether oxygens (including phenoxy) is 2. The lowest BCUT2D eigenvalue weighted by Crippen LogP contribution is -2.12. The smallest absolute Gasteiger partial charge is 0.341 e. The molecule has 0 saturated carbocycles. The van der Waals surface area contributed by atoms with Crippen molar-refractivity contribution in [1.29, 1.82) is 0 Å². The summed E-state index contributed by atoms with van der Waals surface area (Å²) in [5.41, 5.74) is 0.867. The summed E-state index contributed by atoms with van der Waals surface area (Å²) >= 11 is 0. The summed E-state index contributed by atoms with van der Waals surface area (Å²) < 4.78 is 37.8. The highest BCUT2D eigenvalue weighted by molar-refractivity contribution is 6.07. The number of carbonyl (C=O) groups excluding carboxylic acids is 2. The molecule has 1 heterocycles. The summed E-state index contributed by atoms with van der Waals surface area (Å²) in [4.78, 5) is 29.0. The highest BCUT2D eigenvalue weighted by Gasteiger charge is 2.20. The number of nitrogens with zero attached hydrogens (tertiary/aromatic N) is 1. The van der Waals surface area contributed by atoms with E-state index in [-0.39, 0.29) is 35.2 Å². The number of fused-ring (bicyclic) bond motifs is 1. The van der Waals surface area contributed by atoms with Crippen LogP contribution in [0.15, 0.2) is 42.6 Å². The van der Waals surface area contributed by atoms with Crippen molar-refractivity contribution in [2.24, 2.45) is 0 Å². The fraction of sp³-hybridized carbons (Fsp3) is 0.227. The first-order chi connectivity index (χ1) is 14.3. The van der Waals surface area contributed by atoms with E-state index < -0.39 is 23.6 Å². The third-order valence-corrected chi connectivity index (χ3v) is 4.13. The van der Waals surface area contributed by atoms with E-state index in [1.807, 2.05) is 0 Å². The molecule has 0 fully saturated rings. The van der Waals surface area contributed by atoms with E-state index in [2.05, 4.69) is 10.3 Å². The number of rotatable bonds is 6. The molecule has 8 heteroatoms. The summed E-state index contributed by atoms with van der Waals surface area (Å²) in [6.07, 6.45) is 0.985. The van der Waals surface area contributed by atoms with Gasteiger partial charge < -0.3 is 14.8 Å². The normalized spacial score (nSPS) is 10.9. The Morgan fingerprint density at radius 1 is 1.10 bits per heavy atom. The van der Waals surface area contributed by atoms with Crippen LogP contribution in [-0.4, -0.2) is 29.6 Å². The Hall–Kier alpha value is -3.55. The molecular formula is C22H20F2N2O4. The predicted octanol–water partition coefficient (Wildman–Crippen LogP) is 5.00. The van der Waals surface area contributed by atoms with Crippen LogP contribution in [0.4, 0.5) is 20.2 Å². The van der Waals surface area contributed by atoms with Gasteiger partial charge in [0, 0.05) is 17.6 Å². The Labute approximate surface area is 171 Å².